The fraction of sp³-hybridized carbons (Fsp3) is 0.455. The van der Waals surface area contributed by atoms with Crippen LogP contribution in [-0.4, -0.2) is 0 Å². The molecule has 0 radical (unpaired) electrons. The van der Waals surface area contributed by atoms with Crippen LogP contribution in [0.15, 0.2) is 0 Å². The van der Waals surface area contributed by atoms with Gasteiger partial charge in [0.25, 0.3) is 0 Å². The lowest BCUT2D eigenvalue weighted by Gasteiger charge is -2.16. The Morgan fingerprint density at radius 1 is 1.21 bits per heavy atom. The van der Waals surface area contributed by atoms with Gasteiger partial charge in [0.1, 0.15) is 5.82 Å². The molecule has 0 aromatic heterocycles. The second kappa shape index (κ2) is 3.77. The number of anilines is 1. The zero-order chi connectivity index (χ0) is 11.0. The Hall–Kier alpha value is -0.760. The van der Waals surface area contributed by atoms with E-state index in [4.69, 9.17) is 17.3 Å². The molecule has 0 saturated carbocycles. The number of hydrogen-bond acceptors (Lipinski definition) is 1. The molecule has 0 bridgehead atoms. The van der Waals surface area contributed by atoms with Gasteiger partial charge in [0.2, 0.25) is 0 Å². The van der Waals surface area contributed by atoms with E-state index in [1.165, 1.54) is 0 Å². The van der Waals surface area contributed by atoms with Crippen molar-refractivity contribution in [2.75, 3.05) is 5.73 Å². The van der Waals surface area contributed by atoms with Crippen molar-refractivity contribution in [1.29, 1.82) is 0 Å². The SMILES string of the molecule is Cc1c(C)c(Cl)c(F)c(C(C)C)c1N. The minimum Gasteiger partial charge on any atom is -0.398 e. The van der Waals surface area contributed by atoms with Gasteiger partial charge >= 0.3 is 0 Å². The molecule has 0 heterocycles. The van der Waals surface area contributed by atoms with E-state index in [0.29, 0.717) is 11.3 Å². The van der Waals surface area contributed by atoms with Crippen LogP contribution in [0.2, 0.25) is 5.02 Å². The molecule has 2 N–H and O–H groups in total. The average molecular weight is 216 g/mol. The summed E-state index contributed by atoms with van der Waals surface area (Å²) in [6.07, 6.45) is 0. The highest BCUT2D eigenvalue weighted by atomic mass is 35.5. The van der Waals surface area contributed by atoms with Crippen LogP contribution in [0.3, 0.4) is 0 Å². The molecule has 0 saturated heterocycles. The van der Waals surface area contributed by atoms with Gasteiger partial charge in [-0.15, -0.1) is 0 Å². The molecule has 0 aliphatic rings. The molecule has 0 unspecified atom stereocenters. The molecule has 1 aromatic carbocycles. The van der Waals surface area contributed by atoms with Crippen molar-refractivity contribution >= 4 is 17.3 Å². The lowest BCUT2D eigenvalue weighted by Crippen LogP contribution is -2.05. The fourth-order valence-corrected chi connectivity index (χ4v) is 1.78. The van der Waals surface area contributed by atoms with Gasteiger partial charge in [0.15, 0.2) is 0 Å². The minimum absolute atomic E-state index is 0.0480. The Morgan fingerprint density at radius 3 is 2.14 bits per heavy atom. The van der Waals surface area contributed by atoms with Crippen LogP contribution in [-0.2, 0) is 0 Å². The summed E-state index contributed by atoms with van der Waals surface area (Å²) >= 11 is 5.87. The normalized spacial score (nSPS) is 11.1. The van der Waals surface area contributed by atoms with Crippen LogP contribution in [0.4, 0.5) is 10.1 Å². The van der Waals surface area contributed by atoms with Crippen molar-refractivity contribution in [3.05, 3.63) is 27.5 Å². The van der Waals surface area contributed by atoms with Crippen molar-refractivity contribution < 1.29 is 4.39 Å². The molecule has 0 aliphatic carbocycles. The summed E-state index contributed by atoms with van der Waals surface area (Å²) in [5.74, 6) is -0.325. The van der Waals surface area contributed by atoms with E-state index in [-0.39, 0.29) is 16.8 Å². The molecule has 0 fully saturated rings. The number of nitrogen functional groups attached to an aromatic ring is 1. The number of rotatable bonds is 1. The molecule has 1 rings (SSSR count). The largest absolute Gasteiger partial charge is 0.398 e. The third kappa shape index (κ3) is 1.59. The molecule has 1 nitrogen and oxygen atoms in total. The zero-order valence-corrected chi connectivity index (χ0v) is 9.67. The van der Waals surface area contributed by atoms with E-state index in [9.17, 15) is 4.39 Å². The topological polar surface area (TPSA) is 26.0 Å². The lowest BCUT2D eigenvalue weighted by molar-refractivity contribution is 0.598. The van der Waals surface area contributed by atoms with E-state index >= 15 is 0 Å². The summed E-state index contributed by atoms with van der Waals surface area (Å²) in [7, 11) is 0. The van der Waals surface area contributed by atoms with Crippen molar-refractivity contribution in [2.24, 2.45) is 0 Å². The van der Waals surface area contributed by atoms with E-state index in [1.807, 2.05) is 20.8 Å². The molecule has 0 spiro atoms. The average Bonchev–Trinajstić information content (AvgIpc) is 2.11. The summed E-state index contributed by atoms with van der Waals surface area (Å²) in [4.78, 5) is 0. The van der Waals surface area contributed by atoms with Crippen LogP contribution in [0.25, 0.3) is 0 Å². The summed E-state index contributed by atoms with van der Waals surface area (Å²) in [5.41, 5.74) is 8.51. The standard InChI is InChI=1S/C11H15ClFN/c1-5(2)8-10(13)9(12)6(3)7(4)11(8)14/h5H,14H2,1-4H3. The van der Waals surface area contributed by atoms with E-state index < -0.39 is 0 Å². The van der Waals surface area contributed by atoms with Gasteiger partial charge in [-0.3, -0.25) is 0 Å². The lowest BCUT2D eigenvalue weighted by atomic mass is 9.95. The van der Waals surface area contributed by atoms with Gasteiger partial charge < -0.3 is 5.73 Å². The second-order valence-corrected chi connectivity index (χ2v) is 4.24. The van der Waals surface area contributed by atoms with Gasteiger partial charge in [-0.2, -0.15) is 0 Å². The van der Waals surface area contributed by atoms with Crippen molar-refractivity contribution in [2.45, 2.75) is 33.6 Å². The van der Waals surface area contributed by atoms with E-state index in [1.54, 1.807) is 6.92 Å². The van der Waals surface area contributed by atoms with Crippen LogP contribution in [0.1, 0.15) is 36.5 Å². The third-order valence-electron chi connectivity index (χ3n) is 2.59. The van der Waals surface area contributed by atoms with Gasteiger partial charge in [0, 0.05) is 11.3 Å². The maximum atomic E-state index is 13.7. The van der Waals surface area contributed by atoms with Crippen LogP contribution in [0.5, 0.6) is 0 Å². The summed E-state index contributed by atoms with van der Waals surface area (Å²) in [5, 5.41) is 0.195. The Morgan fingerprint density at radius 2 is 1.71 bits per heavy atom. The van der Waals surface area contributed by atoms with Crippen LogP contribution in [0, 0.1) is 19.7 Å². The predicted octanol–water partition coefficient (Wildman–Crippen LogP) is 3.80. The van der Waals surface area contributed by atoms with E-state index in [2.05, 4.69) is 0 Å². The molecule has 14 heavy (non-hydrogen) atoms. The fourth-order valence-electron chi connectivity index (χ4n) is 1.53. The molecule has 1 aromatic rings. The number of hydrogen-bond donors (Lipinski definition) is 1. The Labute approximate surface area is 89.1 Å². The highest BCUT2D eigenvalue weighted by Crippen LogP contribution is 2.35. The maximum Gasteiger partial charge on any atom is 0.147 e. The quantitative estimate of drug-likeness (QED) is 0.709. The first-order valence-corrected chi connectivity index (χ1v) is 4.99. The summed E-state index contributed by atoms with van der Waals surface area (Å²) in [6.45, 7) is 7.45. The van der Waals surface area contributed by atoms with Crippen LogP contribution < -0.4 is 5.73 Å². The monoisotopic (exact) mass is 215 g/mol. The summed E-state index contributed by atoms with van der Waals surface area (Å²) in [6, 6.07) is 0. The smallest absolute Gasteiger partial charge is 0.147 e. The van der Waals surface area contributed by atoms with E-state index in [0.717, 1.165) is 11.1 Å². The Bertz CT molecular complexity index is 343. The second-order valence-electron chi connectivity index (χ2n) is 3.86. The predicted molar refractivity (Wildman–Crippen MR) is 59.4 cm³/mol. The molecule has 0 aliphatic heterocycles. The number of halogens is 2. The first-order valence-electron chi connectivity index (χ1n) is 4.61. The Balaban J connectivity index is 3.60. The number of benzene rings is 1. The number of nitrogens with two attached hydrogens (primary N) is 1. The highest BCUT2D eigenvalue weighted by molar-refractivity contribution is 6.31. The minimum atomic E-state index is -0.373. The van der Waals surface area contributed by atoms with Crippen molar-refractivity contribution in [3.8, 4) is 0 Å². The molecule has 0 atom stereocenters. The Kier molecular flexibility index (Phi) is 3.05. The molecular formula is C11H15ClFN. The molecule has 78 valence electrons. The third-order valence-corrected chi connectivity index (χ3v) is 3.04. The van der Waals surface area contributed by atoms with Crippen molar-refractivity contribution in [1.82, 2.24) is 0 Å². The van der Waals surface area contributed by atoms with Gasteiger partial charge in [0.05, 0.1) is 5.02 Å². The summed E-state index contributed by atoms with van der Waals surface area (Å²) < 4.78 is 13.7. The molecule has 3 heteroatoms. The molecule has 0 amide bonds. The van der Waals surface area contributed by atoms with Crippen molar-refractivity contribution in [3.63, 3.8) is 0 Å². The van der Waals surface area contributed by atoms with Gasteiger partial charge in [-0.1, -0.05) is 25.4 Å². The highest BCUT2D eigenvalue weighted by Gasteiger charge is 2.18. The molecular weight excluding hydrogens is 201 g/mol. The zero-order valence-electron chi connectivity index (χ0n) is 8.91. The van der Waals surface area contributed by atoms with Gasteiger partial charge in [-0.05, 0) is 30.9 Å². The van der Waals surface area contributed by atoms with Gasteiger partial charge in [-0.25, -0.2) is 4.39 Å². The first-order chi connectivity index (χ1) is 6.37. The maximum absolute atomic E-state index is 13.7. The van der Waals surface area contributed by atoms with Crippen LogP contribution >= 0.6 is 11.6 Å². The first kappa shape index (κ1) is 11.3.